The van der Waals surface area contributed by atoms with Gasteiger partial charge in [-0.25, -0.2) is 4.39 Å². The fraction of sp³-hybridized carbons (Fsp3) is 0.300. The molecule has 1 rings (SSSR count). The standard InChI is InChI=1S/C10H8BrF3O3/c1-16-7(15)4-5-2-3-6(17-10(13)14)9(12)8(5)11/h2-3,10H,4H2,1H3. The summed E-state index contributed by atoms with van der Waals surface area (Å²) in [6.07, 6.45) is -0.164. The number of rotatable bonds is 4. The highest BCUT2D eigenvalue weighted by Crippen LogP contribution is 2.30. The molecule has 0 aliphatic rings. The molecule has 17 heavy (non-hydrogen) atoms. The van der Waals surface area contributed by atoms with Crippen LogP contribution in [0, 0.1) is 5.82 Å². The number of benzene rings is 1. The van der Waals surface area contributed by atoms with Crippen LogP contribution < -0.4 is 4.74 Å². The van der Waals surface area contributed by atoms with Crippen LogP contribution in [0.15, 0.2) is 16.6 Å². The van der Waals surface area contributed by atoms with Crippen molar-refractivity contribution >= 4 is 21.9 Å². The quantitative estimate of drug-likeness (QED) is 0.802. The lowest BCUT2D eigenvalue weighted by Crippen LogP contribution is -2.08. The van der Waals surface area contributed by atoms with E-state index >= 15 is 0 Å². The van der Waals surface area contributed by atoms with Gasteiger partial charge in [-0.3, -0.25) is 4.79 Å². The van der Waals surface area contributed by atoms with E-state index in [1.165, 1.54) is 13.2 Å². The van der Waals surface area contributed by atoms with E-state index in [2.05, 4.69) is 25.4 Å². The molecule has 0 aliphatic heterocycles. The van der Waals surface area contributed by atoms with E-state index in [1.54, 1.807) is 0 Å². The Morgan fingerprint density at radius 2 is 2.12 bits per heavy atom. The second-order valence-corrected chi connectivity index (χ2v) is 3.78. The maximum absolute atomic E-state index is 13.5. The predicted octanol–water partition coefficient (Wildman–Crippen LogP) is 2.91. The van der Waals surface area contributed by atoms with Crippen molar-refractivity contribution in [3.63, 3.8) is 0 Å². The third kappa shape index (κ3) is 3.62. The second kappa shape index (κ2) is 5.90. The van der Waals surface area contributed by atoms with Crippen LogP contribution in [0.5, 0.6) is 5.75 Å². The van der Waals surface area contributed by atoms with Crippen molar-refractivity contribution in [1.82, 2.24) is 0 Å². The lowest BCUT2D eigenvalue weighted by molar-refractivity contribution is -0.139. The van der Waals surface area contributed by atoms with Gasteiger partial charge < -0.3 is 9.47 Å². The number of alkyl halides is 2. The van der Waals surface area contributed by atoms with Gasteiger partial charge in [0.2, 0.25) is 0 Å². The Morgan fingerprint density at radius 1 is 1.47 bits per heavy atom. The Balaban J connectivity index is 2.98. The highest BCUT2D eigenvalue weighted by atomic mass is 79.9. The SMILES string of the molecule is COC(=O)Cc1ccc(OC(F)F)c(F)c1Br. The zero-order valence-electron chi connectivity index (χ0n) is 8.68. The largest absolute Gasteiger partial charge is 0.469 e. The van der Waals surface area contributed by atoms with E-state index in [9.17, 15) is 18.0 Å². The number of carbonyl (C=O) groups is 1. The summed E-state index contributed by atoms with van der Waals surface area (Å²) < 4.78 is 45.6. The molecule has 0 amide bonds. The maximum atomic E-state index is 13.5. The molecule has 7 heteroatoms. The van der Waals surface area contributed by atoms with Crippen molar-refractivity contribution in [3.8, 4) is 5.75 Å². The van der Waals surface area contributed by atoms with Crippen LogP contribution in [0.4, 0.5) is 13.2 Å². The van der Waals surface area contributed by atoms with Gasteiger partial charge in [0, 0.05) is 0 Å². The fourth-order valence-electron chi connectivity index (χ4n) is 1.12. The van der Waals surface area contributed by atoms with Crippen molar-refractivity contribution in [3.05, 3.63) is 28.0 Å². The number of esters is 1. The minimum absolute atomic E-state index is 0.0962. The summed E-state index contributed by atoms with van der Waals surface area (Å²) in [4.78, 5) is 11.0. The third-order valence-electron chi connectivity index (χ3n) is 1.91. The zero-order valence-corrected chi connectivity index (χ0v) is 10.3. The Hall–Kier alpha value is -1.24. The molecule has 3 nitrogen and oxygen atoms in total. The third-order valence-corrected chi connectivity index (χ3v) is 2.76. The summed E-state index contributed by atoms with van der Waals surface area (Å²) >= 11 is 2.87. The number of hydrogen-bond acceptors (Lipinski definition) is 3. The zero-order chi connectivity index (χ0) is 13.0. The monoisotopic (exact) mass is 312 g/mol. The van der Waals surface area contributed by atoms with E-state index in [-0.39, 0.29) is 16.5 Å². The van der Waals surface area contributed by atoms with Crippen LogP contribution in [-0.4, -0.2) is 19.7 Å². The number of ether oxygens (including phenoxy) is 2. The molecule has 94 valence electrons. The Morgan fingerprint density at radius 3 is 2.65 bits per heavy atom. The van der Waals surface area contributed by atoms with Gasteiger partial charge in [0.15, 0.2) is 11.6 Å². The molecule has 0 aromatic heterocycles. The van der Waals surface area contributed by atoms with Crippen molar-refractivity contribution in [2.24, 2.45) is 0 Å². The average Bonchev–Trinajstić information content (AvgIpc) is 2.28. The molecule has 0 bridgehead atoms. The number of carbonyl (C=O) groups excluding carboxylic acids is 1. The van der Waals surface area contributed by atoms with Crippen LogP contribution in [0.2, 0.25) is 0 Å². The fourth-order valence-corrected chi connectivity index (χ4v) is 1.59. The topological polar surface area (TPSA) is 35.5 Å². The lowest BCUT2D eigenvalue weighted by Gasteiger charge is -2.09. The number of halogens is 4. The molecule has 0 heterocycles. The first kappa shape index (κ1) is 13.8. The predicted molar refractivity (Wildman–Crippen MR) is 56.5 cm³/mol. The minimum atomic E-state index is -3.11. The summed E-state index contributed by atoms with van der Waals surface area (Å²) in [5.74, 6) is -2.13. The van der Waals surface area contributed by atoms with Gasteiger partial charge in [0.1, 0.15) is 0 Å². The summed E-state index contributed by atoms with van der Waals surface area (Å²) in [6, 6.07) is 2.34. The molecular weight excluding hydrogens is 305 g/mol. The second-order valence-electron chi connectivity index (χ2n) is 2.98. The van der Waals surface area contributed by atoms with Gasteiger partial charge in [0.25, 0.3) is 0 Å². The Kier molecular flexibility index (Phi) is 4.80. The Labute approximate surface area is 104 Å². The van der Waals surface area contributed by atoms with Crippen molar-refractivity contribution in [2.45, 2.75) is 13.0 Å². The first-order valence-corrected chi connectivity index (χ1v) is 5.23. The van der Waals surface area contributed by atoms with Crippen molar-refractivity contribution in [2.75, 3.05) is 7.11 Å². The van der Waals surface area contributed by atoms with Crippen LogP contribution in [-0.2, 0) is 16.0 Å². The Bertz CT molecular complexity index is 424. The van der Waals surface area contributed by atoms with Crippen LogP contribution in [0.25, 0.3) is 0 Å². The van der Waals surface area contributed by atoms with E-state index in [1.807, 2.05) is 0 Å². The molecule has 0 fully saturated rings. The highest BCUT2D eigenvalue weighted by molar-refractivity contribution is 9.10. The molecule has 0 atom stereocenters. The maximum Gasteiger partial charge on any atom is 0.387 e. The first-order valence-electron chi connectivity index (χ1n) is 4.44. The molecular formula is C10H8BrF3O3. The van der Waals surface area contributed by atoms with Gasteiger partial charge in [-0.1, -0.05) is 6.07 Å². The van der Waals surface area contributed by atoms with Crippen LogP contribution in [0.3, 0.4) is 0 Å². The minimum Gasteiger partial charge on any atom is -0.469 e. The molecule has 0 saturated heterocycles. The number of hydrogen-bond donors (Lipinski definition) is 0. The van der Waals surface area contributed by atoms with E-state index in [4.69, 9.17) is 0 Å². The summed E-state index contributed by atoms with van der Waals surface area (Å²) in [5, 5.41) is 0. The van der Waals surface area contributed by atoms with Gasteiger partial charge >= 0.3 is 12.6 Å². The molecule has 0 unspecified atom stereocenters. The molecule has 0 spiro atoms. The summed E-state index contributed by atoms with van der Waals surface area (Å²) in [6.45, 7) is -3.11. The van der Waals surface area contributed by atoms with Crippen molar-refractivity contribution < 1.29 is 27.4 Å². The lowest BCUT2D eigenvalue weighted by atomic mass is 10.1. The van der Waals surface area contributed by atoms with Gasteiger partial charge in [-0.15, -0.1) is 0 Å². The number of methoxy groups -OCH3 is 1. The normalized spacial score (nSPS) is 10.5. The van der Waals surface area contributed by atoms with E-state index in [0.29, 0.717) is 0 Å². The highest BCUT2D eigenvalue weighted by Gasteiger charge is 2.17. The van der Waals surface area contributed by atoms with E-state index in [0.717, 1.165) is 6.07 Å². The molecule has 0 saturated carbocycles. The molecule has 0 N–H and O–H groups in total. The molecule has 1 aromatic carbocycles. The summed E-state index contributed by atoms with van der Waals surface area (Å²) in [7, 11) is 1.20. The van der Waals surface area contributed by atoms with Gasteiger partial charge in [0.05, 0.1) is 18.0 Å². The van der Waals surface area contributed by atoms with Gasteiger partial charge in [-0.2, -0.15) is 8.78 Å². The van der Waals surface area contributed by atoms with Crippen LogP contribution in [0.1, 0.15) is 5.56 Å². The first-order chi connectivity index (χ1) is 7.95. The average molecular weight is 313 g/mol. The molecule has 0 aliphatic carbocycles. The molecule has 0 radical (unpaired) electrons. The van der Waals surface area contributed by atoms with Crippen LogP contribution >= 0.6 is 15.9 Å². The molecule has 1 aromatic rings. The van der Waals surface area contributed by atoms with Gasteiger partial charge in [-0.05, 0) is 27.6 Å². The summed E-state index contributed by atoms with van der Waals surface area (Å²) in [5.41, 5.74) is 0.288. The van der Waals surface area contributed by atoms with Crippen molar-refractivity contribution in [1.29, 1.82) is 0 Å². The smallest absolute Gasteiger partial charge is 0.387 e. The van der Waals surface area contributed by atoms with E-state index < -0.39 is 24.1 Å².